The van der Waals surface area contributed by atoms with Gasteiger partial charge >= 0.3 is 0 Å². The van der Waals surface area contributed by atoms with E-state index in [9.17, 15) is 0 Å². The number of para-hydroxylation sites is 2. The van der Waals surface area contributed by atoms with Gasteiger partial charge in [0.05, 0.1) is 30.3 Å². The lowest BCUT2D eigenvalue weighted by molar-refractivity contribution is 0.276. The SMILES string of the molecule is CCCOc1cc(Cl)c(CN[C@@H](C)c2nc3ccccc3[nH]2)cc1OCC. The number of aromatic amines is 1. The largest absolute Gasteiger partial charge is 0.490 e. The summed E-state index contributed by atoms with van der Waals surface area (Å²) in [6.45, 7) is 7.92. The van der Waals surface area contributed by atoms with E-state index >= 15 is 0 Å². The van der Waals surface area contributed by atoms with E-state index in [1.165, 1.54) is 0 Å². The number of nitrogens with one attached hydrogen (secondary N) is 2. The molecule has 0 fully saturated rings. The number of ether oxygens (including phenoxy) is 2. The zero-order chi connectivity index (χ0) is 19.2. The molecule has 1 aromatic heterocycles. The monoisotopic (exact) mass is 387 g/mol. The van der Waals surface area contributed by atoms with Crippen LogP contribution < -0.4 is 14.8 Å². The van der Waals surface area contributed by atoms with Crippen molar-refractivity contribution in [1.82, 2.24) is 15.3 Å². The number of hydrogen-bond donors (Lipinski definition) is 2. The Balaban J connectivity index is 1.73. The van der Waals surface area contributed by atoms with Crippen molar-refractivity contribution in [3.63, 3.8) is 0 Å². The van der Waals surface area contributed by atoms with Crippen molar-refractivity contribution in [2.45, 2.75) is 39.8 Å². The molecule has 144 valence electrons. The number of imidazole rings is 1. The molecule has 0 aliphatic heterocycles. The van der Waals surface area contributed by atoms with Gasteiger partial charge in [-0.2, -0.15) is 0 Å². The molecule has 1 heterocycles. The number of benzene rings is 2. The van der Waals surface area contributed by atoms with Gasteiger partial charge < -0.3 is 19.8 Å². The maximum Gasteiger partial charge on any atom is 0.162 e. The average Bonchev–Trinajstić information content (AvgIpc) is 3.11. The van der Waals surface area contributed by atoms with Crippen LogP contribution in [0.25, 0.3) is 11.0 Å². The molecule has 5 nitrogen and oxygen atoms in total. The molecule has 27 heavy (non-hydrogen) atoms. The van der Waals surface area contributed by atoms with Gasteiger partial charge in [-0.1, -0.05) is 30.7 Å². The normalized spacial score (nSPS) is 12.3. The lowest BCUT2D eigenvalue weighted by atomic mass is 10.1. The van der Waals surface area contributed by atoms with E-state index < -0.39 is 0 Å². The Morgan fingerprint density at radius 3 is 2.67 bits per heavy atom. The smallest absolute Gasteiger partial charge is 0.162 e. The van der Waals surface area contributed by atoms with Crippen molar-refractivity contribution < 1.29 is 9.47 Å². The molecule has 3 rings (SSSR count). The summed E-state index contributed by atoms with van der Waals surface area (Å²) in [6, 6.07) is 11.9. The zero-order valence-electron chi connectivity index (χ0n) is 16.0. The van der Waals surface area contributed by atoms with Gasteiger partial charge in [-0.3, -0.25) is 0 Å². The number of rotatable bonds is 9. The summed E-state index contributed by atoms with van der Waals surface area (Å²) >= 11 is 6.48. The summed E-state index contributed by atoms with van der Waals surface area (Å²) in [5.41, 5.74) is 2.97. The first-order valence-corrected chi connectivity index (χ1v) is 9.76. The van der Waals surface area contributed by atoms with Gasteiger partial charge in [-0.15, -0.1) is 0 Å². The van der Waals surface area contributed by atoms with Gasteiger partial charge in [0, 0.05) is 17.6 Å². The second-order valence-electron chi connectivity index (χ2n) is 6.41. The van der Waals surface area contributed by atoms with Crippen molar-refractivity contribution in [3.05, 3.63) is 52.8 Å². The summed E-state index contributed by atoms with van der Waals surface area (Å²) in [5.74, 6) is 2.32. The summed E-state index contributed by atoms with van der Waals surface area (Å²) in [5, 5.41) is 4.14. The Morgan fingerprint density at radius 1 is 1.15 bits per heavy atom. The molecule has 0 aliphatic rings. The van der Waals surface area contributed by atoms with E-state index in [0.717, 1.165) is 34.6 Å². The Labute approximate surface area is 165 Å². The zero-order valence-corrected chi connectivity index (χ0v) is 16.8. The molecule has 2 aromatic carbocycles. The molecule has 0 unspecified atom stereocenters. The van der Waals surface area contributed by atoms with Crippen molar-refractivity contribution in [3.8, 4) is 11.5 Å². The third-order valence-electron chi connectivity index (χ3n) is 4.29. The van der Waals surface area contributed by atoms with Crippen LogP contribution in [0.5, 0.6) is 11.5 Å². The minimum absolute atomic E-state index is 0.0556. The molecule has 0 spiro atoms. The summed E-state index contributed by atoms with van der Waals surface area (Å²) in [6.07, 6.45) is 0.932. The fraction of sp³-hybridized carbons (Fsp3) is 0.381. The Bertz CT molecular complexity index is 861. The van der Waals surface area contributed by atoms with E-state index in [1.807, 2.05) is 43.3 Å². The van der Waals surface area contributed by atoms with Crippen molar-refractivity contribution >= 4 is 22.6 Å². The molecule has 0 saturated heterocycles. The van der Waals surface area contributed by atoms with Crippen molar-refractivity contribution in [2.24, 2.45) is 0 Å². The van der Waals surface area contributed by atoms with Crippen LogP contribution in [-0.2, 0) is 6.54 Å². The molecule has 2 N–H and O–H groups in total. The first-order chi connectivity index (χ1) is 13.1. The Hall–Kier alpha value is -2.24. The van der Waals surface area contributed by atoms with Crippen LogP contribution >= 0.6 is 11.6 Å². The number of nitrogens with zero attached hydrogens (tertiary/aromatic N) is 1. The molecular formula is C21H26ClN3O2. The number of H-pyrrole nitrogens is 1. The highest BCUT2D eigenvalue weighted by molar-refractivity contribution is 6.31. The van der Waals surface area contributed by atoms with Gasteiger partial charge in [0.1, 0.15) is 5.82 Å². The quantitative estimate of drug-likeness (QED) is 0.526. The standard InChI is InChI=1S/C21H26ClN3O2/c1-4-10-27-20-12-16(22)15(11-19(20)26-5-2)13-23-14(3)21-24-17-8-6-7-9-18(17)25-21/h6-9,11-12,14,23H,4-5,10,13H2,1-3H3,(H,24,25)/t14-/m0/s1. The molecule has 0 saturated carbocycles. The average molecular weight is 388 g/mol. The van der Waals surface area contributed by atoms with Crippen LogP contribution in [0.15, 0.2) is 36.4 Å². The highest BCUT2D eigenvalue weighted by Crippen LogP contribution is 2.34. The maximum atomic E-state index is 6.48. The third kappa shape index (κ3) is 4.73. The van der Waals surface area contributed by atoms with Gasteiger partial charge in [-0.05, 0) is 44.0 Å². The van der Waals surface area contributed by atoms with Crippen molar-refractivity contribution in [1.29, 1.82) is 0 Å². The second kappa shape index (κ2) is 9.11. The minimum Gasteiger partial charge on any atom is -0.490 e. The molecule has 0 aliphatic carbocycles. The second-order valence-corrected chi connectivity index (χ2v) is 6.82. The van der Waals surface area contributed by atoms with Crippen LogP contribution in [0.4, 0.5) is 0 Å². The van der Waals surface area contributed by atoms with Crippen LogP contribution in [-0.4, -0.2) is 23.2 Å². The van der Waals surface area contributed by atoms with Crippen LogP contribution in [0.3, 0.4) is 0 Å². The topological polar surface area (TPSA) is 59.2 Å². The predicted octanol–water partition coefficient (Wildman–Crippen LogP) is 5.25. The van der Waals surface area contributed by atoms with Gasteiger partial charge in [-0.25, -0.2) is 4.98 Å². The number of hydrogen-bond acceptors (Lipinski definition) is 4. The van der Waals surface area contributed by atoms with Gasteiger partial charge in [0.25, 0.3) is 0 Å². The third-order valence-corrected chi connectivity index (χ3v) is 4.64. The first kappa shape index (κ1) is 19.5. The molecule has 0 amide bonds. The van der Waals surface area contributed by atoms with Gasteiger partial charge in [0.15, 0.2) is 11.5 Å². The van der Waals surface area contributed by atoms with Crippen molar-refractivity contribution in [2.75, 3.05) is 13.2 Å². The van der Waals surface area contributed by atoms with E-state index in [1.54, 1.807) is 0 Å². The number of aromatic nitrogens is 2. The number of fused-ring (bicyclic) bond motifs is 1. The lowest BCUT2D eigenvalue weighted by Crippen LogP contribution is -2.19. The van der Waals surface area contributed by atoms with Gasteiger partial charge in [0.2, 0.25) is 0 Å². The molecule has 6 heteroatoms. The highest BCUT2D eigenvalue weighted by Gasteiger charge is 2.14. The molecule has 0 bridgehead atoms. The Morgan fingerprint density at radius 2 is 1.93 bits per heavy atom. The molecule has 0 radical (unpaired) electrons. The van der Waals surface area contributed by atoms with E-state index in [-0.39, 0.29) is 6.04 Å². The van der Waals surface area contributed by atoms with E-state index in [4.69, 9.17) is 21.1 Å². The molecule has 3 aromatic rings. The van der Waals surface area contributed by atoms with Crippen LogP contribution in [0.1, 0.15) is 44.6 Å². The van der Waals surface area contributed by atoms with E-state index in [2.05, 4.69) is 29.1 Å². The Kier molecular flexibility index (Phi) is 6.58. The highest BCUT2D eigenvalue weighted by atomic mass is 35.5. The summed E-state index contributed by atoms with van der Waals surface area (Å²) in [4.78, 5) is 8.01. The minimum atomic E-state index is 0.0556. The van der Waals surface area contributed by atoms with E-state index in [0.29, 0.717) is 30.5 Å². The summed E-state index contributed by atoms with van der Waals surface area (Å²) < 4.78 is 11.5. The fourth-order valence-electron chi connectivity index (χ4n) is 2.84. The summed E-state index contributed by atoms with van der Waals surface area (Å²) in [7, 11) is 0. The maximum absolute atomic E-state index is 6.48. The first-order valence-electron chi connectivity index (χ1n) is 9.38. The molecule has 1 atom stereocenters. The predicted molar refractivity (Wildman–Crippen MR) is 110 cm³/mol. The fourth-order valence-corrected chi connectivity index (χ4v) is 3.06. The lowest BCUT2D eigenvalue weighted by Gasteiger charge is -2.16. The van der Waals surface area contributed by atoms with Crippen LogP contribution in [0.2, 0.25) is 5.02 Å². The number of halogens is 1. The molecular weight excluding hydrogens is 362 g/mol. The van der Waals surface area contributed by atoms with Crippen LogP contribution in [0, 0.1) is 0 Å².